The van der Waals surface area contributed by atoms with Crippen LogP contribution in [-0.4, -0.2) is 30.6 Å². The van der Waals surface area contributed by atoms with Crippen molar-refractivity contribution in [2.45, 2.75) is 30.1 Å². The van der Waals surface area contributed by atoms with Gasteiger partial charge in [-0.25, -0.2) is 0 Å². The summed E-state index contributed by atoms with van der Waals surface area (Å²) in [5.41, 5.74) is 0. The molecule has 2 rings (SSSR count). The molecule has 7 heteroatoms. The molecule has 154 valence electrons. The Balaban J connectivity index is 1.92. The lowest BCUT2D eigenvalue weighted by Crippen LogP contribution is -2.11. The molecule has 0 aliphatic heterocycles. The summed E-state index contributed by atoms with van der Waals surface area (Å²) in [5.74, 6) is 4.74. The van der Waals surface area contributed by atoms with Crippen LogP contribution in [0.4, 0.5) is 0 Å². The van der Waals surface area contributed by atoms with Crippen LogP contribution >= 0.6 is 58.3 Å². The van der Waals surface area contributed by atoms with Gasteiger partial charge in [0.2, 0.25) is 0 Å². The minimum Gasteiger partial charge on any atom is -0.493 e. The van der Waals surface area contributed by atoms with Crippen molar-refractivity contribution in [3.63, 3.8) is 0 Å². The summed E-state index contributed by atoms with van der Waals surface area (Å²) < 4.78 is 11.5. The standard InChI is InChI=1S/C21H25Cl3O2S2/c1-3-27-14-15(2)13-26-16-5-7-17(8-6-16)28-18-11-19(23)21(20(24)12-18)25-10-4-9-22/h5-8,11-12,15H,3-4,9-10,13-14H2,1-2H3. The molecule has 0 N–H and O–H groups in total. The molecule has 2 nitrogen and oxygen atoms in total. The third-order valence-corrected chi connectivity index (χ3v) is 6.72. The van der Waals surface area contributed by atoms with Crippen LogP contribution in [0.5, 0.6) is 11.5 Å². The summed E-state index contributed by atoms with van der Waals surface area (Å²) >= 11 is 21.9. The minimum atomic E-state index is 0.493. The highest BCUT2D eigenvalue weighted by Crippen LogP contribution is 2.39. The molecule has 28 heavy (non-hydrogen) atoms. The fourth-order valence-electron chi connectivity index (χ4n) is 2.31. The Morgan fingerprint density at radius 1 is 1.00 bits per heavy atom. The van der Waals surface area contributed by atoms with Gasteiger partial charge in [0.05, 0.1) is 23.3 Å². The molecule has 0 spiro atoms. The van der Waals surface area contributed by atoms with Crippen molar-refractivity contribution in [1.82, 2.24) is 0 Å². The van der Waals surface area contributed by atoms with Crippen LogP contribution in [0.1, 0.15) is 20.3 Å². The fraction of sp³-hybridized carbons (Fsp3) is 0.429. The summed E-state index contributed by atoms with van der Waals surface area (Å²) in [6.45, 7) is 5.61. The Kier molecular flexibility index (Phi) is 11.1. The molecular formula is C21H25Cl3O2S2. The van der Waals surface area contributed by atoms with Gasteiger partial charge in [-0.3, -0.25) is 0 Å². The largest absolute Gasteiger partial charge is 0.493 e. The zero-order valence-corrected chi connectivity index (χ0v) is 20.0. The van der Waals surface area contributed by atoms with E-state index >= 15 is 0 Å². The molecule has 2 aromatic carbocycles. The first-order valence-electron chi connectivity index (χ1n) is 9.19. The van der Waals surface area contributed by atoms with Gasteiger partial charge in [0.15, 0.2) is 5.75 Å². The van der Waals surface area contributed by atoms with Gasteiger partial charge in [0.1, 0.15) is 5.75 Å². The molecule has 0 bridgehead atoms. The molecule has 0 heterocycles. The second-order valence-corrected chi connectivity index (χ2v) is 9.91. The highest BCUT2D eigenvalue weighted by Gasteiger charge is 2.11. The first kappa shape index (κ1) is 23.9. The molecule has 0 radical (unpaired) electrons. The molecule has 0 aliphatic carbocycles. The van der Waals surface area contributed by atoms with Gasteiger partial charge in [-0.2, -0.15) is 11.8 Å². The molecule has 0 aliphatic rings. The van der Waals surface area contributed by atoms with Crippen LogP contribution in [0.25, 0.3) is 0 Å². The Hall–Kier alpha value is -0.390. The van der Waals surface area contributed by atoms with E-state index in [0.717, 1.165) is 40.1 Å². The third kappa shape index (κ3) is 8.16. The number of hydrogen-bond donors (Lipinski definition) is 0. The van der Waals surface area contributed by atoms with E-state index < -0.39 is 0 Å². The van der Waals surface area contributed by atoms with Crippen molar-refractivity contribution in [1.29, 1.82) is 0 Å². The number of thioether (sulfide) groups is 1. The maximum Gasteiger partial charge on any atom is 0.156 e. The monoisotopic (exact) mass is 478 g/mol. The van der Waals surface area contributed by atoms with Crippen LogP contribution in [0, 0.1) is 5.92 Å². The minimum absolute atomic E-state index is 0.493. The molecule has 0 amide bonds. The summed E-state index contributed by atoms with van der Waals surface area (Å²) in [5, 5.41) is 1.01. The average Bonchev–Trinajstić information content (AvgIpc) is 2.68. The number of alkyl halides is 1. The molecule has 0 saturated carbocycles. The van der Waals surface area contributed by atoms with Gasteiger partial charge in [0.25, 0.3) is 0 Å². The Morgan fingerprint density at radius 3 is 2.29 bits per heavy atom. The van der Waals surface area contributed by atoms with Crippen molar-refractivity contribution in [3.05, 3.63) is 46.4 Å². The first-order valence-corrected chi connectivity index (χ1v) is 12.5. The van der Waals surface area contributed by atoms with Crippen LogP contribution in [0.2, 0.25) is 10.0 Å². The fourth-order valence-corrected chi connectivity index (χ4v) is 4.77. The van der Waals surface area contributed by atoms with Crippen LogP contribution in [-0.2, 0) is 0 Å². The average molecular weight is 480 g/mol. The molecule has 0 aromatic heterocycles. The second-order valence-electron chi connectivity index (χ2n) is 6.26. The van der Waals surface area contributed by atoms with Crippen molar-refractivity contribution < 1.29 is 9.47 Å². The maximum absolute atomic E-state index is 6.33. The second kappa shape index (κ2) is 13.0. The van der Waals surface area contributed by atoms with Crippen molar-refractivity contribution >= 4 is 58.3 Å². The topological polar surface area (TPSA) is 18.5 Å². The van der Waals surface area contributed by atoms with Gasteiger partial charge < -0.3 is 9.47 Å². The lowest BCUT2D eigenvalue weighted by molar-refractivity contribution is 0.273. The van der Waals surface area contributed by atoms with Gasteiger partial charge in [-0.1, -0.05) is 48.8 Å². The summed E-state index contributed by atoms with van der Waals surface area (Å²) in [6, 6.07) is 11.8. The summed E-state index contributed by atoms with van der Waals surface area (Å²) in [4.78, 5) is 2.04. The van der Waals surface area contributed by atoms with Gasteiger partial charge in [-0.05, 0) is 60.2 Å². The Labute approximate surface area is 191 Å². The quantitative estimate of drug-likeness (QED) is 0.227. The lowest BCUT2D eigenvalue weighted by Gasteiger charge is -2.13. The normalized spacial score (nSPS) is 12.0. The predicted molar refractivity (Wildman–Crippen MR) is 126 cm³/mol. The number of benzene rings is 2. The number of hydrogen-bond acceptors (Lipinski definition) is 4. The van der Waals surface area contributed by atoms with Crippen molar-refractivity contribution in [3.8, 4) is 11.5 Å². The van der Waals surface area contributed by atoms with Crippen LogP contribution < -0.4 is 9.47 Å². The highest BCUT2D eigenvalue weighted by molar-refractivity contribution is 7.99. The highest BCUT2D eigenvalue weighted by atomic mass is 35.5. The van der Waals surface area contributed by atoms with Gasteiger partial charge in [0, 0.05) is 15.7 Å². The Morgan fingerprint density at radius 2 is 1.68 bits per heavy atom. The van der Waals surface area contributed by atoms with E-state index in [1.807, 2.05) is 48.2 Å². The van der Waals surface area contributed by atoms with E-state index in [4.69, 9.17) is 44.3 Å². The number of rotatable bonds is 12. The summed E-state index contributed by atoms with van der Waals surface area (Å²) in [6.07, 6.45) is 0.745. The number of halogens is 3. The number of ether oxygens (including phenoxy) is 2. The maximum atomic E-state index is 6.33. The van der Waals surface area contributed by atoms with E-state index in [2.05, 4.69) is 13.8 Å². The van der Waals surface area contributed by atoms with E-state index in [1.54, 1.807) is 11.8 Å². The molecule has 1 atom stereocenters. The van der Waals surface area contributed by atoms with E-state index in [0.29, 0.717) is 34.2 Å². The van der Waals surface area contributed by atoms with Crippen molar-refractivity contribution in [2.75, 3.05) is 30.6 Å². The molecular weight excluding hydrogens is 455 g/mol. The lowest BCUT2D eigenvalue weighted by atomic mass is 10.2. The zero-order chi connectivity index (χ0) is 20.4. The van der Waals surface area contributed by atoms with Gasteiger partial charge >= 0.3 is 0 Å². The predicted octanol–water partition coefficient (Wildman–Crippen LogP) is 7.92. The van der Waals surface area contributed by atoms with E-state index in [-0.39, 0.29) is 0 Å². The van der Waals surface area contributed by atoms with Crippen LogP contribution in [0.15, 0.2) is 46.2 Å². The molecule has 0 saturated heterocycles. The Bertz CT molecular complexity index is 703. The smallest absolute Gasteiger partial charge is 0.156 e. The molecule has 2 aromatic rings. The van der Waals surface area contributed by atoms with E-state index in [9.17, 15) is 0 Å². The van der Waals surface area contributed by atoms with Crippen molar-refractivity contribution in [2.24, 2.45) is 5.92 Å². The third-order valence-electron chi connectivity index (χ3n) is 3.70. The van der Waals surface area contributed by atoms with Gasteiger partial charge in [-0.15, -0.1) is 11.6 Å². The SMILES string of the molecule is CCSCC(C)COc1ccc(Sc2cc(Cl)c(OCCCCl)c(Cl)c2)cc1. The summed E-state index contributed by atoms with van der Waals surface area (Å²) in [7, 11) is 0. The first-order chi connectivity index (χ1) is 13.5. The molecule has 1 unspecified atom stereocenters. The zero-order valence-electron chi connectivity index (χ0n) is 16.1. The molecule has 0 fully saturated rings. The van der Waals surface area contributed by atoms with E-state index in [1.165, 1.54) is 0 Å². The van der Waals surface area contributed by atoms with Crippen LogP contribution in [0.3, 0.4) is 0 Å².